The summed E-state index contributed by atoms with van der Waals surface area (Å²) in [5, 5.41) is 28.4. The molecule has 7 aromatic rings. The van der Waals surface area contributed by atoms with E-state index in [9.17, 15) is 10.5 Å². The summed E-state index contributed by atoms with van der Waals surface area (Å²) in [6.07, 6.45) is 17.2. The van der Waals surface area contributed by atoms with Crippen LogP contribution in [0.2, 0.25) is 0 Å². The minimum absolute atomic E-state index is 0.459. The van der Waals surface area contributed by atoms with Gasteiger partial charge < -0.3 is 4.40 Å². The SMILES string of the molecule is Cc1cccc(C)c1-c1cc(-c2c(C)cccc2C)c2c3c4c(c(C#N)cc3n3c5cc(C#N)c6c(c5c1c23)C1CC2CC6CC(C1)C21CCCC1)C1CC2CC3CC4CC23C1. The Bertz CT molecular complexity index is 3260. The molecule has 6 fully saturated rings. The summed E-state index contributed by atoms with van der Waals surface area (Å²) in [7, 11) is 0. The van der Waals surface area contributed by atoms with E-state index >= 15 is 0 Å². The fourth-order valence-electron chi connectivity index (χ4n) is 18.8. The van der Waals surface area contributed by atoms with Crippen LogP contribution in [0.1, 0.15) is 163 Å². The zero-order chi connectivity index (χ0) is 41.3. The maximum atomic E-state index is 11.4. The van der Waals surface area contributed by atoms with Crippen LogP contribution < -0.4 is 0 Å². The van der Waals surface area contributed by atoms with Crippen LogP contribution in [0.3, 0.4) is 0 Å². The number of rotatable bonds is 2. The molecule has 3 nitrogen and oxygen atoms in total. The Morgan fingerprint density at radius 1 is 0.500 bits per heavy atom. The molecule has 6 saturated carbocycles. The van der Waals surface area contributed by atoms with Crippen LogP contribution in [0, 0.1) is 84.9 Å². The molecular formula is C59H55N3. The molecule has 7 unspecified atom stereocenters. The summed E-state index contributed by atoms with van der Waals surface area (Å²) in [6.45, 7) is 9.27. The molecule has 2 heterocycles. The van der Waals surface area contributed by atoms with E-state index in [0.717, 1.165) is 34.8 Å². The van der Waals surface area contributed by atoms with E-state index in [1.165, 1.54) is 188 Å². The van der Waals surface area contributed by atoms with Crippen molar-refractivity contribution in [2.75, 3.05) is 0 Å². The molecule has 2 spiro atoms. The molecule has 5 aromatic carbocycles. The molecule has 2 aromatic heterocycles. The maximum absolute atomic E-state index is 11.4. The van der Waals surface area contributed by atoms with Gasteiger partial charge in [0.2, 0.25) is 0 Å². The zero-order valence-electron chi connectivity index (χ0n) is 36.8. The van der Waals surface area contributed by atoms with E-state index in [0.29, 0.717) is 34.5 Å². The first-order chi connectivity index (χ1) is 30.2. The molecule has 3 heteroatoms. The quantitative estimate of drug-likeness (QED) is 0.175. The Morgan fingerprint density at radius 3 is 1.42 bits per heavy atom. The summed E-state index contributed by atoms with van der Waals surface area (Å²) in [6, 6.07) is 26.9. The average molecular weight is 806 g/mol. The lowest BCUT2D eigenvalue weighted by Crippen LogP contribution is -2.44. The molecule has 7 atom stereocenters. The highest BCUT2D eigenvalue weighted by molar-refractivity contribution is 6.32. The second-order valence-electron chi connectivity index (χ2n) is 22.8. The molecular weight excluding hydrogens is 751 g/mol. The van der Waals surface area contributed by atoms with Crippen molar-refractivity contribution >= 4 is 38.1 Å². The number of hydrogen-bond acceptors (Lipinski definition) is 2. The lowest BCUT2D eigenvalue weighted by molar-refractivity contribution is -0.0257. The first-order valence-corrected chi connectivity index (χ1v) is 24.6. The topological polar surface area (TPSA) is 52.0 Å². The fourth-order valence-corrected chi connectivity index (χ4v) is 18.8. The van der Waals surface area contributed by atoms with Gasteiger partial charge >= 0.3 is 0 Å². The zero-order valence-corrected chi connectivity index (χ0v) is 36.8. The van der Waals surface area contributed by atoms with Crippen molar-refractivity contribution in [3.8, 4) is 34.4 Å². The van der Waals surface area contributed by atoms with Gasteiger partial charge in [-0.05, 0) is 241 Å². The van der Waals surface area contributed by atoms with Crippen molar-refractivity contribution in [2.45, 2.75) is 135 Å². The normalized spacial score (nSPS) is 31.5. The summed E-state index contributed by atoms with van der Waals surface area (Å²) in [5.74, 6) is 5.10. The highest BCUT2D eigenvalue weighted by atomic mass is 14.9. The summed E-state index contributed by atoms with van der Waals surface area (Å²) in [4.78, 5) is 0. The number of aryl methyl sites for hydroxylation is 4. The third-order valence-corrected chi connectivity index (χ3v) is 20.7. The van der Waals surface area contributed by atoms with Crippen LogP contribution in [0.5, 0.6) is 0 Å². The van der Waals surface area contributed by atoms with Crippen LogP contribution >= 0.6 is 0 Å². The van der Waals surface area contributed by atoms with Crippen LogP contribution in [-0.4, -0.2) is 4.40 Å². The number of aromatic nitrogens is 1. The molecule has 0 radical (unpaired) electrons. The molecule has 16 rings (SSSR count). The number of fused-ring (bicyclic) bond motifs is 12. The van der Waals surface area contributed by atoms with Crippen molar-refractivity contribution < 1.29 is 0 Å². The Morgan fingerprint density at radius 2 is 0.919 bits per heavy atom. The Kier molecular flexibility index (Phi) is 6.57. The van der Waals surface area contributed by atoms with Gasteiger partial charge in [-0.2, -0.15) is 10.5 Å². The number of hydrogen-bond donors (Lipinski definition) is 0. The summed E-state index contributed by atoms with van der Waals surface area (Å²) < 4.78 is 2.65. The predicted octanol–water partition coefficient (Wildman–Crippen LogP) is 15.1. The van der Waals surface area contributed by atoms with E-state index in [-0.39, 0.29) is 0 Å². The van der Waals surface area contributed by atoms with Crippen LogP contribution in [0.4, 0.5) is 0 Å². The first-order valence-electron chi connectivity index (χ1n) is 24.6. The van der Waals surface area contributed by atoms with Gasteiger partial charge in [0, 0.05) is 21.5 Å². The molecule has 0 amide bonds. The van der Waals surface area contributed by atoms with E-state index in [1.807, 2.05) is 0 Å². The minimum Gasteiger partial charge on any atom is -0.308 e. The van der Waals surface area contributed by atoms with Gasteiger partial charge in [-0.3, -0.25) is 0 Å². The van der Waals surface area contributed by atoms with Gasteiger partial charge in [-0.1, -0.05) is 49.2 Å². The van der Waals surface area contributed by atoms with Gasteiger partial charge in [0.15, 0.2) is 0 Å². The largest absolute Gasteiger partial charge is 0.308 e. The van der Waals surface area contributed by atoms with Crippen molar-refractivity contribution in [3.05, 3.63) is 110 Å². The van der Waals surface area contributed by atoms with Crippen molar-refractivity contribution in [1.82, 2.24) is 4.40 Å². The molecule has 0 N–H and O–H groups in total. The van der Waals surface area contributed by atoms with Crippen molar-refractivity contribution in [3.63, 3.8) is 0 Å². The molecule has 0 saturated heterocycles. The van der Waals surface area contributed by atoms with Crippen LogP contribution in [0.25, 0.3) is 60.3 Å². The lowest BCUT2D eigenvalue weighted by atomic mass is 9.51. The predicted molar refractivity (Wildman–Crippen MR) is 250 cm³/mol. The Labute approximate surface area is 365 Å². The van der Waals surface area contributed by atoms with Gasteiger partial charge in [0.25, 0.3) is 0 Å². The van der Waals surface area contributed by atoms with Crippen molar-refractivity contribution in [2.24, 2.45) is 34.5 Å². The highest BCUT2D eigenvalue weighted by Crippen LogP contribution is 2.77. The van der Waals surface area contributed by atoms with Gasteiger partial charge in [0.05, 0.1) is 39.8 Å². The molecule has 0 aliphatic heterocycles. The fraction of sp³-hybridized carbons (Fsp3) is 0.458. The Hall–Kier alpha value is -5.12. The summed E-state index contributed by atoms with van der Waals surface area (Å²) >= 11 is 0. The molecule has 9 aliphatic carbocycles. The third-order valence-electron chi connectivity index (χ3n) is 20.7. The van der Waals surface area contributed by atoms with Gasteiger partial charge in [-0.25, -0.2) is 0 Å². The minimum atomic E-state index is 0.459. The third kappa shape index (κ3) is 3.91. The second-order valence-corrected chi connectivity index (χ2v) is 22.8. The number of benzene rings is 5. The Balaban J connectivity index is 1.17. The highest BCUT2D eigenvalue weighted by Gasteiger charge is 2.66. The smallest absolute Gasteiger partial charge is 0.0995 e. The number of nitrogens with zero attached hydrogens (tertiary/aromatic N) is 3. The molecule has 9 aliphatic rings. The molecule has 7 bridgehead atoms. The van der Waals surface area contributed by atoms with Gasteiger partial charge in [0.1, 0.15) is 0 Å². The molecule has 62 heavy (non-hydrogen) atoms. The molecule has 306 valence electrons. The van der Waals surface area contributed by atoms with Crippen molar-refractivity contribution in [1.29, 1.82) is 10.5 Å². The van der Waals surface area contributed by atoms with E-state index in [1.54, 1.807) is 0 Å². The maximum Gasteiger partial charge on any atom is 0.0995 e. The standard InChI is InChI=1S/C59H55N3/c1-29-9-7-10-30(2)47(29)43-24-44(48-31(3)11-8-12-32(48)4)54-56-46(22-38(28-61)50-35-19-41-23-42-20-36(52(50)56)26-59(41,42)25-35)62-45-21-37(27-60)49-33-15-39-17-34(51(49)55(45)53(43)57(54)62)18-40(16-33)58(39)13-5-6-14-58/h7-12,21-22,24,33-36,39-42H,5-6,13-20,23,25-26H2,1-4H3. The van der Waals surface area contributed by atoms with Crippen LogP contribution in [-0.2, 0) is 0 Å². The monoisotopic (exact) mass is 805 g/mol. The number of nitriles is 2. The van der Waals surface area contributed by atoms with E-state index < -0.39 is 0 Å². The second kappa shape index (κ2) is 11.5. The first kappa shape index (κ1) is 35.4. The van der Waals surface area contributed by atoms with Crippen LogP contribution in [0.15, 0.2) is 54.6 Å². The van der Waals surface area contributed by atoms with E-state index in [2.05, 4.69) is 98.8 Å². The average Bonchev–Trinajstić information content (AvgIpc) is 4.02. The lowest BCUT2D eigenvalue weighted by Gasteiger charge is -2.54. The van der Waals surface area contributed by atoms with E-state index in [4.69, 9.17) is 0 Å². The van der Waals surface area contributed by atoms with Gasteiger partial charge in [-0.15, -0.1) is 0 Å². The summed E-state index contributed by atoms with van der Waals surface area (Å²) in [5.41, 5.74) is 23.2.